The largest absolute Gasteiger partial charge is 0.454 e. The van der Waals surface area contributed by atoms with Gasteiger partial charge >= 0.3 is 5.97 Å². The number of hydrogen-bond donors (Lipinski definition) is 1. The molecule has 3 rings (SSSR count). The predicted octanol–water partition coefficient (Wildman–Crippen LogP) is 3.76. The van der Waals surface area contributed by atoms with Crippen LogP contribution in [0.1, 0.15) is 28.9 Å². The van der Waals surface area contributed by atoms with E-state index >= 15 is 0 Å². The quantitative estimate of drug-likeness (QED) is 0.780. The smallest absolute Gasteiger partial charge is 0.338 e. The normalized spacial score (nSPS) is 13.2. The minimum atomic E-state index is -0.680. The van der Waals surface area contributed by atoms with Crippen LogP contribution in [0, 0.1) is 0 Å². The van der Waals surface area contributed by atoms with Gasteiger partial charge in [0.2, 0.25) is 6.79 Å². The van der Waals surface area contributed by atoms with Gasteiger partial charge in [-0.3, -0.25) is 4.79 Å². The van der Waals surface area contributed by atoms with E-state index in [1.165, 1.54) is 18.2 Å². The molecule has 1 amide bonds. The second kappa shape index (κ2) is 7.85. The summed E-state index contributed by atoms with van der Waals surface area (Å²) >= 11 is 11.7. The zero-order valence-electron chi connectivity index (χ0n) is 13.8. The topological polar surface area (TPSA) is 73.9 Å². The summed E-state index contributed by atoms with van der Waals surface area (Å²) in [5.41, 5.74) is 1.02. The molecule has 2 aromatic carbocycles. The van der Waals surface area contributed by atoms with Crippen LogP contribution in [0.4, 0.5) is 0 Å². The molecule has 26 heavy (non-hydrogen) atoms. The maximum atomic E-state index is 12.0. The molecule has 2 aromatic rings. The SMILES string of the molecule is CC(NC(=O)COC(=O)c1cc(Cl)cc(Cl)c1)c1ccc2c(c1)OCO2. The Morgan fingerprint density at radius 3 is 2.54 bits per heavy atom. The van der Waals surface area contributed by atoms with Gasteiger partial charge in [-0.2, -0.15) is 0 Å². The molecule has 0 spiro atoms. The monoisotopic (exact) mass is 395 g/mol. The summed E-state index contributed by atoms with van der Waals surface area (Å²) in [5.74, 6) is 0.186. The Balaban J connectivity index is 1.54. The molecule has 0 aliphatic carbocycles. The van der Waals surface area contributed by atoms with Crippen molar-refractivity contribution < 1.29 is 23.8 Å². The fourth-order valence-corrected chi connectivity index (χ4v) is 2.96. The number of nitrogens with one attached hydrogen (secondary N) is 1. The summed E-state index contributed by atoms with van der Waals surface area (Å²) in [6.45, 7) is 1.58. The highest BCUT2D eigenvalue weighted by molar-refractivity contribution is 6.35. The van der Waals surface area contributed by atoms with Crippen LogP contribution in [0.5, 0.6) is 11.5 Å². The van der Waals surface area contributed by atoms with Crippen molar-refractivity contribution >= 4 is 35.1 Å². The third-order valence-corrected chi connectivity index (χ3v) is 4.14. The maximum absolute atomic E-state index is 12.0. The van der Waals surface area contributed by atoms with Crippen LogP contribution < -0.4 is 14.8 Å². The number of fused-ring (bicyclic) bond motifs is 1. The molecular formula is C18H15Cl2NO5. The van der Waals surface area contributed by atoms with Crippen molar-refractivity contribution in [1.29, 1.82) is 0 Å². The lowest BCUT2D eigenvalue weighted by atomic mass is 10.1. The molecule has 0 saturated carbocycles. The van der Waals surface area contributed by atoms with Crippen molar-refractivity contribution in [2.24, 2.45) is 0 Å². The number of carbonyl (C=O) groups is 2. The Hall–Kier alpha value is -2.44. The van der Waals surface area contributed by atoms with E-state index in [0.29, 0.717) is 21.5 Å². The standard InChI is InChI=1S/C18H15Cl2NO5/c1-10(11-2-3-15-16(6-11)26-9-25-15)21-17(22)8-24-18(23)12-4-13(19)7-14(20)5-12/h2-7,10H,8-9H2,1H3,(H,21,22). The summed E-state index contributed by atoms with van der Waals surface area (Å²) in [7, 11) is 0. The van der Waals surface area contributed by atoms with Crippen molar-refractivity contribution in [3.05, 3.63) is 57.6 Å². The van der Waals surface area contributed by atoms with E-state index in [1.54, 1.807) is 12.1 Å². The summed E-state index contributed by atoms with van der Waals surface area (Å²) in [6.07, 6.45) is 0. The molecular weight excluding hydrogens is 381 g/mol. The number of hydrogen-bond acceptors (Lipinski definition) is 5. The third-order valence-electron chi connectivity index (χ3n) is 3.71. The van der Waals surface area contributed by atoms with Gasteiger partial charge in [0.25, 0.3) is 5.91 Å². The highest BCUT2D eigenvalue weighted by Gasteiger charge is 2.18. The number of esters is 1. The number of carbonyl (C=O) groups excluding carboxylic acids is 2. The van der Waals surface area contributed by atoms with Crippen LogP contribution in [-0.2, 0) is 9.53 Å². The zero-order valence-corrected chi connectivity index (χ0v) is 15.3. The van der Waals surface area contributed by atoms with Gasteiger partial charge in [-0.1, -0.05) is 29.3 Å². The fourth-order valence-electron chi connectivity index (χ4n) is 2.44. The third kappa shape index (κ3) is 4.39. The van der Waals surface area contributed by atoms with Gasteiger partial charge in [-0.15, -0.1) is 0 Å². The van der Waals surface area contributed by atoms with Crippen molar-refractivity contribution in [1.82, 2.24) is 5.32 Å². The number of ether oxygens (including phenoxy) is 3. The lowest BCUT2D eigenvalue weighted by Crippen LogP contribution is -2.31. The maximum Gasteiger partial charge on any atom is 0.338 e. The van der Waals surface area contributed by atoms with Crippen LogP contribution in [-0.4, -0.2) is 25.3 Å². The first-order valence-electron chi connectivity index (χ1n) is 7.74. The number of rotatable bonds is 5. The molecule has 0 radical (unpaired) electrons. The highest BCUT2D eigenvalue weighted by atomic mass is 35.5. The Bertz CT molecular complexity index is 835. The first kappa shape index (κ1) is 18.4. The summed E-state index contributed by atoms with van der Waals surface area (Å²) < 4.78 is 15.6. The summed E-state index contributed by atoms with van der Waals surface area (Å²) in [6, 6.07) is 9.46. The van der Waals surface area contributed by atoms with Crippen molar-refractivity contribution in [2.75, 3.05) is 13.4 Å². The fraction of sp³-hybridized carbons (Fsp3) is 0.222. The molecule has 1 atom stereocenters. The molecule has 1 unspecified atom stereocenters. The average molecular weight is 396 g/mol. The Kier molecular flexibility index (Phi) is 5.54. The number of halogens is 2. The molecule has 6 nitrogen and oxygen atoms in total. The van der Waals surface area contributed by atoms with Gasteiger partial charge < -0.3 is 19.5 Å². The molecule has 0 bridgehead atoms. The zero-order chi connectivity index (χ0) is 18.7. The van der Waals surface area contributed by atoms with E-state index in [9.17, 15) is 9.59 Å². The number of benzene rings is 2. The molecule has 8 heteroatoms. The van der Waals surface area contributed by atoms with Crippen LogP contribution in [0.15, 0.2) is 36.4 Å². The molecule has 1 aliphatic rings. The van der Waals surface area contributed by atoms with E-state index in [1.807, 2.05) is 13.0 Å². The molecule has 1 N–H and O–H groups in total. The van der Waals surface area contributed by atoms with Gasteiger partial charge in [0.15, 0.2) is 18.1 Å². The molecule has 136 valence electrons. The second-order valence-electron chi connectivity index (χ2n) is 5.64. The average Bonchev–Trinajstić information content (AvgIpc) is 3.06. The Morgan fingerprint density at radius 1 is 1.12 bits per heavy atom. The van der Waals surface area contributed by atoms with Gasteiger partial charge in [-0.05, 0) is 42.8 Å². The predicted molar refractivity (Wildman–Crippen MR) is 95.9 cm³/mol. The van der Waals surface area contributed by atoms with Crippen LogP contribution in [0.2, 0.25) is 10.0 Å². The molecule has 1 aliphatic heterocycles. The van der Waals surface area contributed by atoms with Gasteiger partial charge in [0.05, 0.1) is 11.6 Å². The number of amides is 1. The first-order valence-corrected chi connectivity index (χ1v) is 8.50. The van der Waals surface area contributed by atoms with Gasteiger partial charge in [0, 0.05) is 10.0 Å². The first-order chi connectivity index (χ1) is 12.4. The minimum absolute atomic E-state index is 0.180. The van der Waals surface area contributed by atoms with E-state index in [2.05, 4.69) is 5.32 Å². The van der Waals surface area contributed by atoms with Crippen LogP contribution >= 0.6 is 23.2 Å². The van der Waals surface area contributed by atoms with Crippen molar-refractivity contribution in [3.63, 3.8) is 0 Å². The second-order valence-corrected chi connectivity index (χ2v) is 6.51. The molecule has 0 fully saturated rings. The van der Waals surface area contributed by atoms with Crippen LogP contribution in [0.25, 0.3) is 0 Å². The molecule has 0 saturated heterocycles. The van der Waals surface area contributed by atoms with E-state index in [0.717, 1.165) is 5.56 Å². The Labute approximate surface area is 159 Å². The van der Waals surface area contributed by atoms with Crippen molar-refractivity contribution in [3.8, 4) is 11.5 Å². The molecule has 1 heterocycles. The van der Waals surface area contributed by atoms with Crippen molar-refractivity contribution in [2.45, 2.75) is 13.0 Å². The van der Waals surface area contributed by atoms with Crippen LogP contribution in [0.3, 0.4) is 0 Å². The van der Waals surface area contributed by atoms with E-state index < -0.39 is 18.5 Å². The minimum Gasteiger partial charge on any atom is -0.454 e. The van der Waals surface area contributed by atoms with Gasteiger partial charge in [-0.25, -0.2) is 4.79 Å². The van der Waals surface area contributed by atoms with Gasteiger partial charge in [0.1, 0.15) is 0 Å². The van der Waals surface area contributed by atoms with E-state index in [4.69, 9.17) is 37.4 Å². The lowest BCUT2D eigenvalue weighted by molar-refractivity contribution is -0.124. The lowest BCUT2D eigenvalue weighted by Gasteiger charge is -2.15. The Morgan fingerprint density at radius 2 is 1.81 bits per heavy atom. The summed E-state index contributed by atoms with van der Waals surface area (Å²) in [5, 5.41) is 3.37. The van der Waals surface area contributed by atoms with E-state index in [-0.39, 0.29) is 18.4 Å². The summed E-state index contributed by atoms with van der Waals surface area (Å²) in [4.78, 5) is 24.0. The molecule has 0 aromatic heterocycles. The highest BCUT2D eigenvalue weighted by Crippen LogP contribution is 2.34.